The summed E-state index contributed by atoms with van der Waals surface area (Å²) in [5.74, 6) is 2.28. The standard InChI is InChI=1S/C17H21N5O2/c1-2-15-18-7-9-22(15)17-20-14-6-4-3-5-13(14)16(21-17)19-8-11-24-12-10-23/h3-7,9,23H,2,8,10-12H2,1H3,(H,19,20,21). The molecule has 2 heterocycles. The lowest BCUT2D eigenvalue weighted by atomic mass is 10.2. The molecule has 7 nitrogen and oxygen atoms in total. The van der Waals surface area contributed by atoms with Gasteiger partial charge in [-0.05, 0) is 12.1 Å². The Morgan fingerprint density at radius 2 is 2.08 bits per heavy atom. The van der Waals surface area contributed by atoms with Gasteiger partial charge < -0.3 is 15.2 Å². The summed E-state index contributed by atoms with van der Waals surface area (Å²) in [6, 6.07) is 7.89. The molecule has 24 heavy (non-hydrogen) atoms. The molecule has 0 aliphatic heterocycles. The smallest absolute Gasteiger partial charge is 0.237 e. The lowest BCUT2D eigenvalue weighted by Crippen LogP contribution is -2.14. The van der Waals surface area contributed by atoms with E-state index in [-0.39, 0.29) is 6.61 Å². The van der Waals surface area contributed by atoms with Crippen LogP contribution in [0.1, 0.15) is 12.7 Å². The number of hydrogen-bond acceptors (Lipinski definition) is 6. The van der Waals surface area contributed by atoms with Crippen LogP contribution in [0.4, 0.5) is 5.82 Å². The number of rotatable bonds is 8. The highest BCUT2D eigenvalue weighted by Gasteiger charge is 2.11. The fourth-order valence-electron chi connectivity index (χ4n) is 2.49. The van der Waals surface area contributed by atoms with Gasteiger partial charge >= 0.3 is 0 Å². The second-order valence-electron chi connectivity index (χ2n) is 5.22. The van der Waals surface area contributed by atoms with Gasteiger partial charge in [-0.25, -0.2) is 9.97 Å². The van der Waals surface area contributed by atoms with Gasteiger partial charge in [-0.1, -0.05) is 19.1 Å². The Morgan fingerprint density at radius 3 is 2.92 bits per heavy atom. The van der Waals surface area contributed by atoms with Crippen molar-refractivity contribution in [2.75, 3.05) is 31.7 Å². The highest BCUT2D eigenvalue weighted by Crippen LogP contribution is 2.21. The Morgan fingerprint density at radius 1 is 1.21 bits per heavy atom. The average molecular weight is 327 g/mol. The van der Waals surface area contributed by atoms with E-state index in [0.29, 0.717) is 25.7 Å². The van der Waals surface area contributed by atoms with Crippen LogP contribution in [0.5, 0.6) is 0 Å². The summed E-state index contributed by atoms with van der Waals surface area (Å²) >= 11 is 0. The third-order valence-corrected chi connectivity index (χ3v) is 3.61. The molecule has 0 atom stereocenters. The Labute approximate surface area is 140 Å². The van der Waals surface area contributed by atoms with Gasteiger partial charge in [0.05, 0.1) is 25.3 Å². The molecule has 0 unspecified atom stereocenters. The second-order valence-corrected chi connectivity index (χ2v) is 5.22. The topological polar surface area (TPSA) is 85.1 Å². The van der Waals surface area contributed by atoms with Crippen LogP contribution in [-0.4, -0.2) is 51.0 Å². The summed E-state index contributed by atoms with van der Waals surface area (Å²) in [6.45, 7) is 3.52. The number of anilines is 1. The van der Waals surface area contributed by atoms with Crippen molar-refractivity contribution in [1.29, 1.82) is 0 Å². The Kier molecular flexibility index (Phi) is 5.35. The first-order valence-electron chi connectivity index (χ1n) is 8.05. The van der Waals surface area contributed by atoms with E-state index in [0.717, 1.165) is 29.0 Å². The number of aliphatic hydroxyl groups is 1. The van der Waals surface area contributed by atoms with Crippen molar-refractivity contribution in [3.05, 3.63) is 42.5 Å². The third kappa shape index (κ3) is 3.52. The molecule has 0 aliphatic carbocycles. The van der Waals surface area contributed by atoms with E-state index in [1.165, 1.54) is 0 Å². The molecule has 0 saturated carbocycles. The van der Waals surface area contributed by atoms with Crippen molar-refractivity contribution in [2.24, 2.45) is 0 Å². The maximum Gasteiger partial charge on any atom is 0.237 e. The number of nitrogens with one attached hydrogen (secondary N) is 1. The number of ether oxygens (including phenoxy) is 1. The summed E-state index contributed by atoms with van der Waals surface area (Å²) in [6.07, 6.45) is 4.44. The molecule has 3 rings (SSSR count). The van der Waals surface area contributed by atoms with Gasteiger partial charge in [-0.2, -0.15) is 4.98 Å². The van der Waals surface area contributed by atoms with Gasteiger partial charge in [0.25, 0.3) is 0 Å². The molecular formula is C17H21N5O2. The maximum atomic E-state index is 8.74. The number of hydrogen-bond donors (Lipinski definition) is 2. The molecule has 1 aromatic carbocycles. The first-order valence-corrected chi connectivity index (χ1v) is 8.05. The van der Waals surface area contributed by atoms with Crippen LogP contribution in [0.2, 0.25) is 0 Å². The minimum Gasteiger partial charge on any atom is -0.394 e. The molecular weight excluding hydrogens is 306 g/mol. The highest BCUT2D eigenvalue weighted by atomic mass is 16.5. The van der Waals surface area contributed by atoms with Gasteiger partial charge in [0.2, 0.25) is 5.95 Å². The third-order valence-electron chi connectivity index (χ3n) is 3.61. The number of aryl methyl sites for hydroxylation is 1. The van der Waals surface area contributed by atoms with Gasteiger partial charge in [0.15, 0.2) is 0 Å². The SMILES string of the molecule is CCc1nccn1-c1nc(NCCOCCO)c2ccccc2n1. The molecule has 0 spiro atoms. The Bertz CT molecular complexity index is 803. The summed E-state index contributed by atoms with van der Waals surface area (Å²) in [5, 5.41) is 13.0. The normalized spacial score (nSPS) is 11.1. The van der Waals surface area contributed by atoms with E-state index in [1.807, 2.05) is 35.0 Å². The van der Waals surface area contributed by atoms with Crippen molar-refractivity contribution in [1.82, 2.24) is 19.5 Å². The van der Waals surface area contributed by atoms with Gasteiger partial charge in [-0.15, -0.1) is 0 Å². The first kappa shape index (κ1) is 16.4. The first-order chi connectivity index (χ1) is 11.8. The summed E-state index contributed by atoms with van der Waals surface area (Å²) in [5.41, 5.74) is 0.872. The fraction of sp³-hybridized carbons (Fsp3) is 0.353. The second kappa shape index (κ2) is 7.85. The van der Waals surface area contributed by atoms with Crippen LogP contribution >= 0.6 is 0 Å². The number of para-hydroxylation sites is 1. The van der Waals surface area contributed by atoms with E-state index in [9.17, 15) is 0 Å². The molecule has 3 aromatic rings. The van der Waals surface area contributed by atoms with Crippen LogP contribution in [0.3, 0.4) is 0 Å². The molecule has 0 amide bonds. The van der Waals surface area contributed by atoms with Crippen LogP contribution in [0.25, 0.3) is 16.9 Å². The number of aliphatic hydroxyl groups excluding tert-OH is 1. The molecule has 0 fully saturated rings. The molecule has 0 bridgehead atoms. The number of aromatic nitrogens is 4. The average Bonchev–Trinajstić information content (AvgIpc) is 3.10. The largest absolute Gasteiger partial charge is 0.394 e. The predicted molar refractivity (Wildman–Crippen MR) is 92.4 cm³/mol. The number of nitrogens with zero attached hydrogens (tertiary/aromatic N) is 4. The Balaban J connectivity index is 1.91. The van der Waals surface area contributed by atoms with E-state index < -0.39 is 0 Å². The summed E-state index contributed by atoms with van der Waals surface area (Å²) in [7, 11) is 0. The van der Waals surface area contributed by atoms with Gasteiger partial charge in [0, 0.05) is 30.7 Å². The fourth-order valence-corrected chi connectivity index (χ4v) is 2.49. The van der Waals surface area contributed by atoms with E-state index >= 15 is 0 Å². The van der Waals surface area contributed by atoms with Gasteiger partial charge in [-0.3, -0.25) is 4.57 Å². The van der Waals surface area contributed by atoms with Crippen LogP contribution in [0.15, 0.2) is 36.7 Å². The minimum atomic E-state index is 0.0288. The molecule has 2 aromatic heterocycles. The number of fused-ring (bicyclic) bond motifs is 1. The molecule has 0 aliphatic rings. The molecule has 0 saturated heterocycles. The maximum absolute atomic E-state index is 8.74. The predicted octanol–water partition coefficient (Wildman–Crippen LogP) is 1.80. The molecule has 2 N–H and O–H groups in total. The van der Waals surface area contributed by atoms with Gasteiger partial charge in [0.1, 0.15) is 11.6 Å². The Hall–Kier alpha value is -2.51. The van der Waals surface area contributed by atoms with Crippen LogP contribution in [0, 0.1) is 0 Å². The molecule has 126 valence electrons. The zero-order valence-corrected chi connectivity index (χ0v) is 13.6. The van der Waals surface area contributed by atoms with Crippen molar-refractivity contribution in [3.63, 3.8) is 0 Å². The van der Waals surface area contributed by atoms with Crippen LogP contribution in [-0.2, 0) is 11.2 Å². The zero-order valence-electron chi connectivity index (χ0n) is 13.6. The molecule has 0 radical (unpaired) electrons. The van der Waals surface area contributed by atoms with E-state index in [1.54, 1.807) is 6.20 Å². The monoisotopic (exact) mass is 327 g/mol. The number of imidazole rings is 1. The molecule has 7 heteroatoms. The van der Waals surface area contributed by atoms with Crippen molar-refractivity contribution in [2.45, 2.75) is 13.3 Å². The summed E-state index contributed by atoms with van der Waals surface area (Å²) < 4.78 is 7.19. The van der Waals surface area contributed by atoms with Crippen molar-refractivity contribution >= 4 is 16.7 Å². The lowest BCUT2D eigenvalue weighted by Gasteiger charge is -2.12. The van der Waals surface area contributed by atoms with Crippen molar-refractivity contribution in [3.8, 4) is 5.95 Å². The van der Waals surface area contributed by atoms with E-state index in [2.05, 4.69) is 27.2 Å². The highest BCUT2D eigenvalue weighted by molar-refractivity contribution is 5.89. The summed E-state index contributed by atoms with van der Waals surface area (Å²) in [4.78, 5) is 13.7. The van der Waals surface area contributed by atoms with E-state index in [4.69, 9.17) is 9.84 Å². The quantitative estimate of drug-likeness (QED) is 0.614. The zero-order chi connectivity index (χ0) is 16.8. The lowest BCUT2D eigenvalue weighted by molar-refractivity contribution is 0.0992. The number of benzene rings is 1. The van der Waals surface area contributed by atoms with Crippen LogP contribution < -0.4 is 5.32 Å². The minimum absolute atomic E-state index is 0.0288. The van der Waals surface area contributed by atoms with Crippen molar-refractivity contribution < 1.29 is 9.84 Å².